The minimum absolute atomic E-state index is 0. The summed E-state index contributed by atoms with van der Waals surface area (Å²) in [5.74, 6) is 0. The fourth-order valence-corrected chi connectivity index (χ4v) is 1.12. The van der Waals surface area contributed by atoms with Crippen molar-refractivity contribution in [2.45, 2.75) is 0 Å². The Morgan fingerprint density at radius 3 is 0.528 bits per heavy atom. The van der Waals surface area contributed by atoms with E-state index in [1.807, 2.05) is 48.5 Å². The summed E-state index contributed by atoms with van der Waals surface area (Å²) in [5.41, 5.74) is 2.19. The minimum atomic E-state index is 0. The van der Waals surface area contributed by atoms with E-state index in [0.717, 1.165) is 11.1 Å². The molecule has 0 spiro atoms. The van der Waals surface area contributed by atoms with Gasteiger partial charge in [-0.05, 0) is 0 Å². The number of hydrogen-bond donors (Lipinski definition) is 0. The van der Waals surface area contributed by atoms with Crippen molar-refractivity contribution < 1.29 is 785 Å². The zero-order valence-electron chi connectivity index (χ0n) is 20.5. The molecule has 0 aliphatic heterocycles. The molecule has 0 unspecified atom stereocenters. The molecule has 24 heteroatoms. The molecule has 2 aromatic carbocycles. The van der Waals surface area contributed by atoms with Crippen LogP contribution in [0.25, 0.3) is 11.1 Å². The fourth-order valence-electron chi connectivity index (χ4n) is 1.12. The molecule has 0 fully saturated rings. The van der Waals surface area contributed by atoms with Gasteiger partial charge in [0.15, 0.2) is 0 Å². The summed E-state index contributed by atoms with van der Waals surface area (Å²) < 4.78 is 0. The maximum Gasteiger partial charge on any atom is 0 e. The predicted molar refractivity (Wildman–Crippen MR) is 49.6 cm³/mol. The fraction of sp³-hybridized carbons (Fsp3) is 0. The third-order valence-electron chi connectivity index (χ3n) is 1.71. The largest absolute Gasteiger partial charge is 0.226 e. The van der Waals surface area contributed by atoms with Crippen LogP contribution >= 0.6 is 0 Å². The smallest absolute Gasteiger partial charge is 0 e. The Morgan fingerprint density at radius 2 is 0.417 bits per heavy atom. The van der Waals surface area contributed by atoms with Gasteiger partial charge in [0, 0.05) is 785 Å². The van der Waals surface area contributed by atoms with Gasteiger partial charge in [-0.1, -0.05) is 0 Å². The van der Waals surface area contributed by atoms with E-state index in [-0.39, 0.29) is 785 Å². The van der Waals surface area contributed by atoms with Crippen LogP contribution in [0.15, 0.2) is 48.5 Å². The van der Waals surface area contributed by atoms with Crippen LogP contribution in [0.4, 0.5) is 0 Å². The van der Waals surface area contributed by atoms with E-state index < -0.39 is 0 Å². The van der Waals surface area contributed by atoms with Crippen LogP contribution in [0.5, 0.6) is 0 Å². The molecule has 2 rings (SSSR count). The van der Waals surface area contributed by atoms with Crippen LogP contribution in [-0.4, -0.2) is 0 Å². The molecule has 0 bridgehead atoms. The standard InChI is InChI=1S/C12H8.24Y/c1-3-7-11(8-4-1)12-9-5-2-6-10-12;;;;;;;;;;;;;;;;;;;;;;;;/h1-7,9H;;;;;;;;;;;;;;;;;;;;;;;;/q-2;;;;;;;;;;;;;;;;;;;;;;;;. The van der Waals surface area contributed by atoms with Crippen LogP contribution in [0.2, 0.25) is 0 Å². The summed E-state index contributed by atoms with van der Waals surface area (Å²) in [4.78, 5) is 0. The van der Waals surface area contributed by atoms with Crippen molar-refractivity contribution in [1.82, 2.24) is 0 Å². The van der Waals surface area contributed by atoms with E-state index in [2.05, 4.69) is 12.1 Å². The van der Waals surface area contributed by atoms with Gasteiger partial charge in [0.1, 0.15) is 0 Å². The molecule has 0 atom stereocenters. The number of benzene rings is 2. The van der Waals surface area contributed by atoms with Crippen molar-refractivity contribution in [3.8, 4) is 11.1 Å². The van der Waals surface area contributed by atoms with E-state index in [9.17, 15) is 0 Å². The van der Waals surface area contributed by atoms with Gasteiger partial charge < -0.3 is 0 Å². The Bertz CT molecular complexity index is 330. The average molecular weight is 2290 g/mol. The third-order valence-corrected chi connectivity index (χ3v) is 1.71. The molecule has 130 valence electrons. The summed E-state index contributed by atoms with van der Waals surface area (Å²) in [6.07, 6.45) is 0. The Balaban J connectivity index is -0.00000000335. The summed E-state index contributed by atoms with van der Waals surface area (Å²) >= 11 is 0. The van der Waals surface area contributed by atoms with Gasteiger partial charge in [-0.2, -0.15) is 48.5 Å². The van der Waals surface area contributed by atoms with Crippen LogP contribution in [0.3, 0.4) is 0 Å². The van der Waals surface area contributed by atoms with Gasteiger partial charge in [-0.15, -0.1) is 12.1 Å². The summed E-state index contributed by atoms with van der Waals surface area (Å²) in [6, 6.07) is 22.1. The molecule has 0 aliphatic rings. The van der Waals surface area contributed by atoms with E-state index in [1.165, 1.54) is 0 Å². The SMILES string of the molecule is [Y].[Y].[Y].[Y].[Y].[Y].[Y].[Y].[Y].[Y].[Y].[Y].[Y].[Y].[Y].[Y].[Y].[Y].[Y].[Y].[Y].[Y].[Y].[Y].[c-]1ccccc1-c1[c-]cccc1. The van der Waals surface area contributed by atoms with Gasteiger partial charge in [0.2, 0.25) is 0 Å². The molecule has 0 saturated heterocycles. The van der Waals surface area contributed by atoms with Crippen molar-refractivity contribution in [3.63, 3.8) is 0 Å². The van der Waals surface area contributed by atoms with Crippen LogP contribution < -0.4 is 0 Å². The Hall–Kier alpha value is 24.9. The number of hydrogen-bond acceptors (Lipinski definition) is 0. The maximum absolute atomic E-state index is 3.15. The summed E-state index contributed by atoms with van der Waals surface area (Å²) in [6.45, 7) is 0. The monoisotopic (exact) mass is 2290 g/mol. The zero-order valence-corrected chi connectivity index (χ0v) is 88.6. The second-order valence-corrected chi connectivity index (χ2v) is 2.55. The molecule has 0 amide bonds. The first-order chi connectivity index (χ1) is 5.97. The van der Waals surface area contributed by atoms with Crippen molar-refractivity contribution in [2.75, 3.05) is 0 Å². The van der Waals surface area contributed by atoms with Gasteiger partial charge in [0.25, 0.3) is 0 Å². The van der Waals surface area contributed by atoms with E-state index in [4.69, 9.17) is 0 Å². The predicted octanol–water partition coefficient (Wildman–Crippen LogP) is 2.89. The molecular formula is C12H8Y24-2. The van der Waals surface area contributed by atoms with Gasteiger partial charge in [-0.25, -0.2) is 11.1 Å². The second kappa shape index (κ2) is 124. The molecule has 2 aromatic rings. The topological polar surface area (TPSA) is 0 Å². The third kappa shape index (κ3) is 98.0. The van der Waals surface area contributed by atoms with Crippen molar-refractivity contribution in [3.05, 3.63) is 60.7 Å². The first-order valence-electron chi connectivity index (χ1n) is 3.90. The minimum Gasteiger partial charge on any atom is -0.226 e. The molecule has 0 N–H and O–H groups in total. The maximum atomic E-state index is 3.15. The van der Waals surface area contributed by atoms with E-state index >= 15 is 0 Å². The Kier molecular flexibility index (Phi) is 525. The van der Waals surface area contributed by atoms with Crippen molar-refractivity contribution in [2.24, 2.45) is 0 Å². The second-order valence-electron chi connectivity index (χ2n) is 2.55. The molecule has 0 aliphatic carbocycles. The van der Waals surface area contributed by atoms with Crippen molar-refractivity contribution >= 4 is 0 Å². The quantitative estimate of drug-likeness (QED) is 0.387. The van der Waals surface area contributed by atoms with Gasteiger partial charge in [-0.3, -0.25) is 0 Å². The molecule has 24 radical (unpaired) electrons. The van der Waals surface area contributed by atoms with Crippen LogP contribution in [0, 0.1) is 12.1 Å². The van der Waals surface area contributed by atoms with E-state index in [1.54, 1.807) is 0 Å². The first kappa shape index (κ1) is 152. The first-order valence-corrected chi connectivity index (χ1v) is 3.90. The summed E-state index contributed by atoms with van der Waals surface area (Å²) in [5, 5.41) is 0. The molecule has 0 nitrogen and oxygen atoms in total. The zero-order chi connectivity index (χ0) is 8.23. The van der Waals surface area contributed by atoms with Gasteiger partial charge in [0.05, 0.1) is 0 Å². The molecule has 36 heavy (non-hydrogen) atoms. The average Bonchev–Trinajstić information content (AvgIpc) is 2.21. The molecular weight excluding hydrogens is 2280 g/mol. The normalized spacial score (nSPS) is 3.22. The molecule has 0 saturated carbocycles. The molecule has 0 aromatic heterocycles. The number of rotatable bonds is 1. The Morgan fingerprint density at radius 1 is 0.250 bits per heavy atom. The Labute approximate surface area is 826 Å². The van der Waals surface area contributed by atoms with Crippen LogP contribution in [0.1, 0.15) is 0 Å². The summed E-state index contributed by atoms with van der Waals surface area (Å²) in [7, 11) is 0. The van der Waals surface area contributed by atoms with Crippen molar-refractivity contribution in [1.29, 1.82) is 0 Å². The van der Waals surface area contributed by atoms with E-state index in [0.29, 0.717) is 0 Å². The van der Waals surface area contributed by atoms with Crippen LogP contribution in [-0.2, 0) is 785 Å². The molecule has 0 heterocycles. The van der Waals surface area contributed by atoms with Gasteiger partial charge >= 0.3 is 0 Å².